The predicted octanol–water partition coefficient (Wildman–Crippen LogP) is -0.0972. The van der Waals surface area contributed by atoms with E-state index >= 15 is 0 Å². The molecule has 23 heavy (non-hydrogen) atoms. The largest absolute Gasteiger partial charge is 0.478 e. The fraction of sp³-hybridized carbons (Fsp3) is 0.286. The van der Waals surface area contributed by atoms with Gasteiger partial charge in [-0.1, -0.05) is 12.1 Å². The minimum atomic E-state index is -1.23. The second-order valence-corrected chi connectivity index (χ2v) is 4.78. The van der Waals surface area contributed by atoms with Crippen molar-refractivity contribution in [3.63, 3.8) is 0 Å². The zero-order chi connectivity index (χ0) is 17.0. The minimum Gasteiger partial charge on any atom is -0.478 e. The Hall–Kier alpha value is -3.10. The molecule has 0 aliphatic carbocycles. The number of ether oxygens (including phenoxy) is 2. The highest BCUT2D eigenvalue weighted by molar-refractivity contribution is 6.00. The summed E-state index contributed by atoms with van der Waals surface area (Å²) in [5.41, 5.74) is 5.30. The third kappa shape index (κ3) is 4.19. The zero-order valence-corrected chi connectivity index (χ0v) is 12.2. The number of para-hydroxylation sites is 2. The van der Waals surface area contributed by atoms with Crippen LogP contribution in [-0.4, -0.2) is 36.0 Å². The smallest absolute Gasteiger partial charge is 0.318 e. The van der Waals surface area contributed by atoms with Gasteiger partial charge in [0.25, 0.3) is 11.8 Å². The lowest BCUT2D eigenvalue weighted by atomic mass is 10.1. The molecule has 0 bridgehead atoms. The van der Waals surface area contributed by atoms with Crippen LogP contribution in [-0.2, 0) is 19.1 Å². The highest BCUT2D eigenvalue weighted by Gasteiger charge is 2.31. The van der Waals surface area contributed by atoms with Gasteiger partial charge in [0, 0.05) is 0 Å². The summed E-state index contributed by atoms with van der Waals surface area (Å²) >= 11 is 0. The maximum atomic E-state index is 11.9. The van der Waals surface area contributed by atoms with Gasteiger partial charge in [0.1, 0.15) is 5.75 Å². The molecule has 0 unspecified atom stereocenters. The van der Waals surface area contributed by atoms with Crippen molar-refractivity contribution in [2.45, 2.75) is 25.6 Å². The van der Waals surface area contributed by atoms with Crippen LogP contribution >= 0.6 is 0 Å². The van der Waals surface area contributed by atoms with E-state index in [-0.39, 0.29) is 6.42 Å². The fourth-order valence-corrected chi connectivity index (χ4v) is 1.90. The van der Waals surface area contributed by atoms with Gasteiger partial charge in [0.05, 0.1) is 12.1 Å². The quantitative estimate of drug-likeness (QED) is 0.662. The lowest BCUT2D eigenvalue weighted by Crippen LogP contribution is -2.43. The molecule has 1 aromatic rings. The first-order valence-electron chi connectivity index (χ1n) is 6.73. The van der Waals surface area contributed by atoms with Gasteiger partial charge in [-0.05, 0) is 19.1 Å². The van der Waals surface area contributed by atoms with Crippen LogP contribution in [0, 0.1) is 0 Å². The van der Waals surface area contributed by atoms with Crippen LogP contribution in [0.5, 0.6) is 5.75 Å². The molecule has 4 N–H and O–H groups in total. The summed E-state index contributed by atoms with van der Waals surface area (Å²) in [4.78, 5) is 45.6. The molecule has 9 heteroatoms. The van der Waals surface area contributed by atoms with Gasteiger partial charge in [-0.15, -0.1) is 0 Å². The van der Waals surface area contributed by atoms with E-state index in [0.717, 1.165) is 0 Å². The average Bonchev–Trinajstić information content (AvgIpc) is 2.47. The third-order valence-electron chi connectivity index (χ3n) is 2.98. The predicted molar refractivity (Wildman–Crippen MR) is 77.4 cm³/mol. The molecule has 4 amide bonds. The standard InChI is InChI=1S/C14H15N3O6/c1-7(12(19)17-14(15)21)22-11(18)6-10-13(20)16-8-4-2-3-5-9(8)23-10/h2-5,7,10H,6H2,1H3,(H,16,20)(H3,15,17,19,21)/t7-,10+/m0/s1. The molecule has 1 aliphatic rings. The molecule has 0 radical (unpaired) electrons. The number of anilines is 1. The molecule has 0 saturated heterocycles. The summed E-state index contributed by atoms with van der Waals surface area (Å²) in [6.07, 6.45) is -2.67. The third-order valence-corrected chi connectivity index (χ3v) is 2.98. The lowest BCUT2D eigenvalue weighted by molar-refractivity contribution is -0.157. The summed E-state index contributed by atoms with van der Waals surface area (Å²) in [5.74, 6) is -1.74. The molecule has 2 atom stereocenters. The minimum absolute atomic E-state index is 0.381. The van der Waals surface area contributed by atoms with Crippen molar-refractivity contribution in [3.8, 4) is 5.75 Å². The van der Waals surface area contributed by atoms with Crippen LogP contribution in [0.4, 0.5) is 10.5 Å². The average molecular weight is 321 g/mol. The molecule has 0 fully saturated rings. The van der Waals surface area contributed by atoms with E-state index < -0.39 is 36.0 Å². The van der Waals surface area contributed by atoms with E-state index in [1.165, 1.54) is 6.92 Å². The van der Waals surface area contributed by atoms with Crippen LogP contribution < -0.4 is 21.1 Å². The number of carbonyl (C=O) groups is 4. The number of urea groups is 1. The van der Waals surface area contributed by atoms with Crippen LogP contribution in [0.15, 0.2) is 24.3 Å². The Bertz CT molecular complexity index is 660. The van der Waals surface area contributed by atoms with E-state index in [0.29, 0.717) is 11.4 Å². The van der Waals surface area contributed by atoms with Crippen molar-refractivity contribution >= 4 is 29.5 Å². The lowest BCUT2D eigenvalue weighted by Gasteiger charge is -2.25. The van der Waals surface area contributed by atoms with Gasteiger partial charge in [-0.3, -0.25) is 19.7 Å². The number of nitrogens with one attached hydrogen (secondary N) is 2. The fourth-order valence-electron chi connectivity index (χ4n) is 1.90. The number of nitrogens with two attached hydrogens (primary N) is 1. The van der Waals surface area contributed by atoms with E-state index in [2.05, 4.69) is 5.32 Å². The highest BCUT2D eigenvalue weighted by atomic mass is 16.6. The van der Waals surface area contributed by atoms with Crippen molar-refractivity contribution in [1.29, 1.82) is 0 Å². The summed E-state index contributed by atoms with van der Waals surface area (Å²) in [5, 5.41) is 4.39. The summed E-state index contributed by atoms with van der Waals surface area (Å²) in [7, 11) is 0. The van der Waals surface area contributed by atoms with Gasteiger partial charge in [-0.2, -0.15) is 0 Å². The van der Waals surface area contributed by atoms with Crippen molar-refractivity contribution in [2.75, 3.05) is 5.32 Å². The number of benzene rings is 1. The second-order valence-electron chi connectivity index (χ2n) is 4.78. The number of primary amides is 1. The monoisotopic (exact) mass is 321 g/mol. The summed E-state index contributed by atoms with van der Waals surface area (Å²) in [6, 6.07) is 5.72. The van der Waals surface area contributed by atoms with Crippen LogP contribution in [0.2, 0.25) is 0 Å². The number of esters is 1. The van der Waals surface area contributed by atoms with Crippen molar-refractivity contribution in [3.05, 3.63) is 24.3 Å². The molecule has 2 rings (SSSR count). The number of amides is 4. The molecule has 9 nitrogen and oxygen atoms in total. The molecule has 0 spiro atoms. The first kappa shape index (κ1) is 16.3. The van der Waals surface area contributed by atoms with Crippen LogP contribution in [0.25, 0.3) is 0 Å². The summed E-state index contributed by atoms with van der Waals surface area (Å²) in [6.45, 7) is 1.27. The molecule has 0 saturated carbocycles. The van der Waals surface area contributed by atoms with Gasteiger partial charge < -0.3 is 20.5 Å². The topological polar surface area (TPSA) is 137 Å². The van der Waals surface area contributed by atoms with Crippen molar-refractivity contribution < 1.29 is 28.7 Å². The Morgan fingerprint density at radius 1 is 1.39 bits per heavy atom. The summed E-state index contributed by atoms with van der Waals surface area (Å²) < 4.78 is 10.3. The maximum Gasteiger partial charge on any atom is 0.318 e. The maximum absolute atomic E-state index is 11.9. The highest BCUT2D eigenvalue weighted by Crippen LogP contribution is 2.29. The number of hydrogen-bond acceptors (Lipinski definition) is 6. The molecule has 0 aromatic heterocycles. The zero-order valence-electron chi connectivity index (χ0n) is 12.2. The molecule has 1 aliphatic heterocycles. The molecule has 1 aromatic carbocycles. The number of fused-ring (bicyclic) bond motifs is 1. The van der Waals surface area contributed by atoms with Crippen molar-refractivity contribution in [2.24, 2.45) is 5.73 Å². The van der Waals surface area contributed by atoms with Gasteiger partial charge in [-0.25, -0.2) is 4.79 Å². The molecule has 122 valence electrons. The van der Waals surface area contributed by atoms with E-state index in [1.54, 1.807) is 29.6 Å². The van der Waals surface area contributed by atoms with Gasteiger partial charge in [0.2, 0.25) is 0 Å². The second kappa shape index (κ2) is 6.77. The number of carbonyl (C=O) groups excluding carboxylic acids is 4. The Morgan fingerprint density at radius 3 is 2.78 bits per heavy atom. The molecule has 1 heterocycles. The van der Waals surface area contributed by atoms with E-state index in [4.69, 9.17) is 15.2 Å². The van der Waals surface area contributed by atoms with Gasteiger partial charge in [0.15, 0.2) is 12.2 Å². The Balaban J connectivity index is 1.92. The van der Waals surface area contributed by atoms with Gasteiger partial charge >= 0.3 is 12.0 Å². The molecular formula is C14H15N3O6. The SMILES string of the molecule is C[C@H](OC(=O)C[C@H]1Oc2ccccc2NC1=O)C(=O)NC(N)=O. The first-order valence-corrected chi connectivity index (χ1v) is 6.73. The first-order chi connectivity index (χ1) is 10.9. The number of rotatable bonds is 4. The Kier molecular flexibility index (Phi) is 4.79. The van der Waals surface area contributed by atoms with E-state index in [9.17, 15) is 19.2 Å². The van der Waals surface area contributed by atoms with Crippen molar-refractivity contribution in [1.82, 2.24) is 5.32 Å². The van der Waals surface area contributed by atoms with Crippen LogP contribution in [0.1, 0.15) is 13.3 Å². The Morgan fingerprint density at radius 2 is 2.09 bits per heavy atom. The normalized spacial score (nSPS) is 17.1. The Labute approximate surface area is 131 Å². The number of hydrogen-bond donors (Lipinski definition) is 3. The van der Waals surface area contributed by atoms with E-state index in [1.807, 2.05) is 0 Å². The number of imide groups is 1. The van der Waals surface area contributed by atoms with Crippen LogP contribution in [0.3, 0.4) is 0 Å². The molecular weight excluding hydrogens is 306 g/mol.